The van der Waals surface area contributed by atoms with Crippen LogP contribution in [0.25, 0.3) is 10.8 Å². The molecule has 0 aliphatic carbocycles. The van der Waals surface area contributed by atoms with Gasteiger partial charge in [-0.05, 0) is 31.0 Å². The van der Waals surface area contributed by atoms with Crippen LogP contribution < -0.4 is 20.5 Å². The number of nitrogens with zero attached hydrogens (tertiary/aromatic N) is 3. The second-order valence-corrected chi connectivity index (χ2v) is 7.51. The molecular weight excluding hydrogens is 380 g/mol. The van der Waals surface area contributed by atoms with Gasteiger partial charge in [-0.1, -0.05) is 37.1 Å². The Balaban J connectivity index is 1.65. The molecule has 1 aliphatic heterocycles. The van der Waals surface area contributed by atoms with Gasteiger partial charge in [-0.15, -0.1) is 0 Å². The summed E-state index contributed by atoms with van der Waals surface area (Å²) in [5.74, 6) is 1.12. The normalized spacial score (nSPS) is 14.4. The van der Waals surface area contributed by atoms with Gasteiger partial charge in [-0.3, -0.25) is 9.59 Å². The highest BCUT2D eigenvalue weighted by Gasteiger charge is 2.18. The number of hydrogen-bond acceptors (Lipinski definition) is 5. The fourth-order valence-electron chi connectivity index (χ4n) is 3.88. The summed E-state index contributed by atoms with van der Waals surface area (Å²) in [5.41, 5.74) is 0.353. The number of hydrogen-bond donors (Lipinski definition) is 1. The van der Waals surface area contributed by atoms with Crippen LogP contribution in [0.1, 0.15) is 25.7 Å². The van der Waals surface area contributed by atoms with E-state index in [1.165, 1.54) is 17.5 Å². The smallest absolute Gasteiger partial charge is 0.275 e. The fourth-order valence-corrected chi connectivity index (χ4v) is 3.88. The van der Waals surface area contributed by atoms with Crippen molar-refractivity contribution >= 4 is 28.2 Å². The summed E-state index contributed by atoms with van der Waals surface area (Å²) in [7, 11) is 1.57. The summed E-state index contributed by atoms with van der Waals surface area (Å²) >= 11 is 0. The Morgan fingerprint density at radius 3 is 2.50 bits per heavy atom. The average molecular weight is 406 g/mol. The minimum Gasteiger partial charge on any atom is -0.497 e. The summed E-state index contributed by atoms with van der Waals surface area (Å²) in [5, 5.41) is 8.87. The number of carbonyl (C=O) groups excluding carboxylic acids is 1. The van der Waals surface area contributed by atoms with Gasteiger partial charge in [0.15, 0.2) is 5.82 Å². The lowest BCUT2D eigenvalue weighted by atomic mass is 10.1. The van der Waals surface area contributed by atoms with Crippen LogP contribution in [-0.4, -0.2) is 35.9 Å². The number of methoxy groups -OCH3 is 1. The average Bonchev–Trinajstić information content (AvgIpc) is 3.05. The van der Waals surface area contributed by atoms with E-state index in [1.54, 1.807) is 37.4 Å². The molecule has 1 aromatic heterocycles. The minimum absolute atomic E-state index is 0.151. The molecule has 3 aromatic rings. The van der Waals surface area contributed by atoms with Gasteiger partial charge in [-0.2, -0.15) is 5.10 Å². The number of anilines is 2. The number of amides is 1. The quantitative estimate of drug-likeness (QED) is 0.703. The molecule has 1 saturated heterocycles. The molecule has 0 radical (unpaired) electrons. The lowest BCUT2D eigenvalue weighted by molar-refractivity contribution is -0.117. The molecule has 7 heteroatoms. The lowest BCUT2D eigenvalue weighted by Crippen LogP contribution is -2.33. The maximum absolute atomic E-state index is 13.0. The molecule has 30 heavy (non-hydrogen) atoms. The predicted molar refractivity (Wildman–Crippen MR) is 118 cm³/mol. The Morgan fingerprint density at radius 2 is 1.77 bits per heavy atom. The maximum Gasteiger partial charge on any atom is 0.275 e. The van der Waals surface area contributed by atoms with Crippen molar-refractivity contribution in [3.8, 4) is 5.75 Å². The van der Waals surface area contributed by atoms with E-state index in [9.17, 15) is 9.59 Å². The first-order chi connectivity index (χ1) is 14.7. The Labute approximate surface area is 175 Å². The zero-order valence-corrected chi connectivity index (χ0v) is 17.1. The van der Waals surface area contributed by atoms with E-state index in [0.717, 1.165) is 37.1 Å². The van der Waals surface area contributed by atoms with Crippen LogP contribution in [0.2, 0.25) is 0 Å². The molecule has 1 amide bonds. The standard InChI is InChI=1S/C23H26N4O3/c1-30-18-10-8-9-17(15-18)24-21(28)16-27-23(29)20-12-5-4-11-19(20)22(25-27)26-13-6-2-3-7-14-26/h4-5,8-12,15H,2-3,6-7,13-14,16H2,1H3,(H,24,28). The van der Waals surface area contributed by atoms with Crippen LogP contribution in [0, 0.1) is 0 Å². The Bertz CT molecular complexity index is 1100. The third kappa shape index (κ3) is 4.30. The summed E-state index contributed by atoms with van der Waals surface area (Å²) in [6, 6.07) is 14.6. The van der Waals surface area contributed by atoms with Gasteiger partial charge in [0.2, 0.25) is 5.91 Å². The van der Waals surface area contributed by atoms with Crippen LogP contribution in [0.4, 0.5) is 11.5 Å². The van der Waals surface area contributed by atoms with Crippen LogP contribution in [0.5, 0.6) is 5.75 Å². The summed E-state index contributed by atoms with van der Waals surface area (Å²) < 4.78 is 6.47. The van der Waals surface area contributed by atoms with Gasteiger partial charge < -0.3 is 15.0 Å². The molecule has 2 heterocycles. The monoisotopic (exact) mass is 406 g/mol. The molecule has 156 valence electrons. The predicted octanol–water partition coefficient (Wildman–Crippen LogP) is 3.42. The second kappa shape index (κ2) is 8.98. The van der Waals surface area contributed by atoms with Crippen LogP contribution in [-0.2, 0) is 11.3 Å². The van der Waals surface area contributed by atoms with Crippen molar-refractivity contribution in [2.75, 3.05) is 30.4 Å². The number of ether oxygens (including phenoxy) is 1. The van der Waals surface area contributed by atoms with E-state index < -0.39 is 0 Å². The summed E-state index contributed by atoms with van der Waals surface area (Å²) in [6.45, 7) is 1.66. The Morgan fingerprint density at radius 1 is 1.03 bits per heavy atom. The van der Waals surface area contributed by atoms with Crippen molar-refractivity contribution in [3.63, 3.8) is 0 Å². The molecular formula is C23H26N4O3. The molecule has 2 aromatic carbocycles. The van der Waals surface area contributed by atoms with Gasteiger partial charge in [-0.25, -0.2) is 4.68 Å². The van der Waals surface area contributed by atoms with Crippen molar-refractivity contribution < 1.29 is 9.53 Å². The van der Waals surface area contributed by atoms with Gasteiger partial charge >= 0.3 is 0 Å². The molecule has 1 aliphatic rings. The van der Waals surface area contributed by atoms with Crippen LogP contribution >= 0.6 is 0 Å². The third-order valence-corrected chi connectivity index (χ3v) is 5.40. The van der Waals surface area contributed by atoms with E-state index in [-0.39, 0.29) is 18.0 Å². The molecule has 1 N–H and O–H groups in total. The summed E-state index contributed by atoms with van der Waals surface area (Å²) in [4.78, 5) is 27.9. The number of aromatic nitrogens is 2. The molecule has 1 fully saturated rings. The van der Waals surface area contributed by atoms with E-state index >= 15 is 0 Å². The van der Waals surface area contributed by atoms with Gasteiger partial charge in [0.1, 0.15) is 12.3 Å². The number of benzene rings is 2. The SMILES string of the molecule is COc1cccc(NC(=O)Cn2nc(N3CCCCCC3)c3ccccc3c2=O)c1. The number of nitrogens with one attached hydrogen (secondary N) is 1. The largest absolute Gasteiger partial charge is 0.497 e. The molecule has 7 nitrogen and oxygen atoms in total. The lowest BCUT2D eigenvalue weighted by Gasteiger charge is -2.23. The zero-order chi connectivity index (χ0) is 20.9. The van der Waals surface area contributed by atoms with E-state index in [1.807, 2.05) is 18.2 Å². The molecule has 4 rings (SSSR count). The molecule has 0 atom stereocenters. The molecule has 0 spiro atoms. The van der Waals surface area contributed by atoms with Crippen LogP contribution in [0.15, 0.2) is 53.3 Å². The van der Waals surface area contributed by atoms with Crippen molar-refractivity contribution in [2.24, 2.45) is 0 Å². The van der Waals surface area contributed by atoms with Gasteiger partial charge in [0, 0.05) is 30.2 Å². The molecule has 0 bridgehead atoms. The fraction of sp³-hybridized carbons (Fsp3) is 0.348. The molecule has 0 unspecified atom stereocenters. The van der Waals surface area contributed by atoms with Crippen molar-refractivity contribution in [2.45, 2.75) is 32.2 Å². The summed E-state index contributed by atoms with van der Waals surface area (Å²) in [6.07, 6.45) is 4.62. The second-order valence-electron chi connectivity index (χ2n) is 7.51. The highest BCUT2D eigenvalue weighted by molar-refractivity contribution is 5.93. The topological polar surface area (TPSA) is 76.5 Å². The first-order valence-electron chi connectivity index (χ1n) is 10.3. The van der Waals surface area contributed by atoms with E-state index in [0.29, 0.717) is 16.8 Å². The van der Waals surface area contributed by atoms with E-state index in [2.05, 4.69) is 15.3 Å². The van der Waals surface area contributed by atoms with Gasteiger partial charge in [0.25, 0.3) is 5.56 Å². The zero-order valence-electron chi connectivity index (χ0n) is 17.1. The minimum atomic E-state index is -0.310. The van der Waals surface area contributed by atoms with E-state index in [4.69, 9.17) is 4.74 Å². The van der Waals surface area contributed by atoms with Crippen molar-refractivity contribution in [1.29, 1.82) is 0 Å². The highest BCUT2D eigenvalue weighted by atomic mass is 16.5. The highest BCUT2D eigenvalue weighted by Crippen LogP contribution is 2.24. The number of carbonyl (C=O) groups is 1. The van der Waals surface area contributed by atoms with Gasteiger partial charge in [0.05, 0.1) is 12.5 Å². The maximum atomic E-state index is 13.0. The number of fused-ring (bicyclic) bond motifs is 1. The van der Waals surface area contributed by atoms with Crippen LogP contribution in [0.3, 0.4) is 0 Å². The van der Waals surface area contributed by atoms with Crippen molar-refractivity contribution in [1.82, 2.24) is 9.78 Å². The first kappa shape index (κ1) is 19.9. The molecule has 0 saturated carbocycles. The Hall–Kier alpha value is -3.35. The Kier molecular flexibility index (Phi) is 5.97. The third-order valence-electron chi connectivity index (χ3n) is 5.40. The van der Waals surface area contributed by atoms with Crippen molar-refractivity contribution in [3.05, 3.63) is 58.9 Å². The first-order valence-corrected chi connectivity index (χ1v) is 10.3. The number of rotatable bonds is 5.